The van der Waals surface area contributed by atoms with Crippen LogP contribution in [-0.4, -0.2) is 17.6 Å². The van der Waals surface area contributed by atoms with Gasteiger partial charge in [0.2, 0.25) is 0 Å². The van der Waals surface area contributed by atoms with E-state index in [1.54, 1.807) is 6.08 Å². The molecule has 0 aliphatic heterocycles. The number of nitrogens with zero attached hydrogens (tertiary/aromatic N) is 1. The summed E-state index contributed by atoms with van der Waals surface area (Å²) < 4.78 is 4.47. The van der Waals surface area contributed by atoms with E-state index in [0.717, 1.165) is 0 Å². The molecule has 0 saturated carbocycles. The molecule has 0 unspecified atom stereocenters. The Morgan fingerprint density at radius 1 is 1.47 bits per heavy atom. The molecule has 4 N–H and O–H groups in total. The molecule has 92 valence electrons. The maximum Gasteiger partial charge on any atom is 0.409 e. The number of hydrogen-bond acceptors (Lipinski definition) is 5. The Bertz CT molecular complexity index is 389. The summed E-state index contributed by atoms with van der Waals surface area (Å²) >= 11 is 0. The number of carbonyl (C=O) groups excluding carboxylic acids is 1. The number of non-ortho nitro benzene ring substituents is 1. The van der Waals surface area contributed by atoms with E-state index in [1.165, 1.54) is 24.3 Å². The Morgan fingerprint density at radius 3 is 2.24 bits per heavy atom. The quantitative estimate of drug-likeness (QED) is 0.466. The van der Waals surface area contributed by atoms with Crippen LogP contribution < -0.4 is 16.2 Å². The number of amides is 1. The third-order valence-electron chi connectivity index (χ3n) is 1.43. The number of hydrogen-bond donors (Lipinski definition) is 2. The zero-order valence-electron chi connectivity index (χ0n) is 9.04. The Hall–Kier alpha value is -2.41. The van der Waals surface area contributed by atoms with E-state index in [4.69, 9.17) is 11.5 Å². The molecule has 7 heteroatoms. The predicted octanol–water partition coefficient (Wildman–Crippen LogP) is 1.18. The summed E-state index contributed by atoms with van der Waals surface area (Å²) in [5.74, 6) is 0.179. The Kier molecular flexibility index (Phi) is 6.72. The average molecular weight is 239 g/mol. The number of primary amides is 1. The largest absolute Gasteiger partial charge is 0.410 e. The second kappa shape index (κ2) is 7.83. The predicted molar refractivity (Wildman–Crippen MR) is 62.6 cm³/mol. The van der Waals surface area contributed by atoms with Gasteiger partial charge in [0.15, 0.2) is 0 Å². The van der Waals surface area contributed by atoms with E-state index in [1.807, 2.05) is 0 Å². The molecule has 17 heavy (non-hydrogen) atoms. The monoisotopic (exact) mass is 239 g/mol. The summed E-state index contributed by atoms with van der Waals surface area (Å²) in [6.07, 6.45) is 0.703. The standard InChI is InChI=1S/C7H6N2O4.C3H7N/c8-7(10)13-6-3-1-5(2-4-6)9(11)12;1-2-3-4/h1-4H,(H2,8,10);2H,1,3-4H2. The van der Waals surface area contributed by atoms with Gasteiger partial charge in [-0.2, -0.15) is 0 Å². The van der Waals surface area contributed by atoms with E-state index >= 15 is 0 Å². The highest BCUT2D eigenvalue weighted by Gasteiger charge is 2.05. The van der Waals surface area contributed by atoms with Crippen LogP contribution in [0.5, 0.6) is 5.75 Å². The van der Waals surface area contributed by atoms with Crippen molar-refractivity contribution < 1.29 is 14.5 Å². The van der Waals surface area contributed by atoms with Gasteiger partial charge in [0.1, 0.15) is 5.75 Å². The molecule has 0 fully saturated rings. The lowest BCUT2D eigenvalue weighted by atomic mass is 10.3. The van der Waals surface area contributed by atoms with Crippen LogP contribution in [0.1, 0.15) is 0 Å². The van der Waals surface area contributed by atoms with Gasteiger partial charge in [-0.3, -0.25) is 10.1 Å². The molecule has 0 spiro atoms. The summed E-state index contributed by atoms with van der Waals surface area (Å²) in [5.41, 5.74) is 9.56. The number of ether oxygens (including phenoxy) is 1. The molecule has 0 atom stereocenters. The first-order valence-corrected chi connectivity index (χ1v) is 4.54. The highest BCUT2D eigenvalue weighted by Crippen LogP contribution is 2.16. The fourth-order valence-electron chi connectivity index (χ4n) is 0.752. The van der Waals surface area contributed by atoms with Crippen molar-refractivity contribution >= 4 is 11.8 Å². The molecule has 1 aromatic carbocycles. The highest BCUT2D eigenvalue weighted by molar-refractivity contribution is 5.68. The maximum absolute atomic E-state index is 10.3. The lowest BCUT2D eigenvalue weighted by molar-refractivity contribution is -0.384. The van der Waals surface area contributed by atoms with Gasteiger partial charge >= 0.3 is 6.09 Å². The van der Waals surface area contributed by atoms with Crippen molar-refractivity contribution in [3.8, 4) is 5.75 Å². The molecule has 1 rings (SSSR count). The molecule has 0 bridgehead atoms. The first-order valence-electron chi connectivity index (χ1n) is 4.54. The van der Waals surface area contributed by atoms with Crippen molar-refractivity contribution in [2.45, 2.75) is 0 Å². The molecule has 1 amide bonds. The van der Waals surface area contributed by atoms with Crippen molar-refractivity contribution in [3.05, 3.63) is 47.0 Å². The normalized spacial score (nSPS) is 8.53. The first-order chi connectivity index (χ1) is 8.01. The number of rotatable bonds is 3. The van der Waals surface area contributed by atoms with Gasteiger partial charge < -0.3 is 16.2 Å². The molecule has 0 heterocycles. The van der Waals surface area contributed by atoms with Crippen LogP contribution in [0.4, 0.5) is 10.5 Å². The Morgan fingerprint density at radius 2 is 1.94 bits per heavy atom. The summed E-state index contributed by atoms with van der Waals surface area (Å²) in [7, 11) is 0. The van der Waals surface area contributed by atoms with Gasteiger partial charge in [0.05, 0.1) is 4.92 Å². The zero-order valence-corrected chi connectivity index (χ0v) is 9.04. The van der Waals surface area contributed by atoms with Gasteiger partial charge in [0, 0.05) is 18.7 Å². The zero-order chi connectivity index (χ0) is 13.3. The summed E-state index contributed by atoms with van der Waals surface area (Å²) in [5, 5.41) is 10.2. The van der Waals surface area contributed by atoms with Gasteiger partial charge in [-0.25, -0.2) is 4.79 Å². The van der Waals surface area contributed by atoms with Crippen LogP contribution in [0, 0.1) is 10.1 Å². The van der Waals surface area contributed by atoms with E-state index in [-0.39, 0.29) is 11.4 Å². The van der Waals surface area contributed by atoms with Crippen LogP contribution in [0.2, 0.25) is 0 Å². The molecule has 1 aromatic rings. The van der Waals surface area contributed by atoms with Crippen LogP contribution >= 0.6 is 0 Å². The van der Waals surface area contributed by atoms with Crippen LogP contribution in [0.3, 0.4) is 0 Å². The molecule has 0 aromatic heterocycles. The third kappa shape index (κ3) is 6.63. The topological polar surface area (TPSA) is 121 Å². The number of nitrogens with two attached hydrogens (primary N) is 2. The molecule has 0 aliphatic carbocycles. The molecule has 7 nitrogen and oxygen atoms in total. The molecule has 0 saturated heterocycles. The summed E-state index contributed by atoms with van der Waals surface area (Å²) in [6.45, 7) is 3.94. The Balaban J connectivity index is 0.000000557. The SMILES string of the molecule is C=CCN.NC(=O)Oc1ccc([N+](=O)[O-])cc1. The third-order valence-corrected chi connectivity index (χ3v) is 1.43. The van der Waals surface area contributed by atoms with Crippen molar-refractivity contribution in [1.29, 1.82) is 0 Å². The van der Waals surface area contributed by atoms with Crippen LogP contribution in [-0.2, 0) is 0 Å². The minimum Gasteiger partial charge on any atom is -0.410 e. The molecular weight excluding hydrogens is 226 g/mol. The number of nitro groups is 1. The van der Waals surface area contributed by atoms with Gasteiger partial charge in [0.25, 0.3) is 5.69 Å². The molecular formula is C10H13N3O4. The lowest BCUT2D eigenvalue weighted by Gasteiger charge is -1.98. The fourth-order valence-corrected chi connectivity index (χ4v) is 0.752. The summed E-state index contributed by atoms with van der Waals surface area (Å²) in [6, 6.07) is 5.03. The summed E-state index contributed by atoms with van der Waals surface area (Å²) in [4.78, 5) is 19.9. The van der Waals surface area contributed by atoms with E-state index in [2.05, 4.69) is 11.3 Å². The molecule has 0 aliphatic rings. The Labute approximate surface area is 97.8 Å². The van der Waals surface area contributed by atoms with Gasteiger partial charge in [-0.15, -0.1) is 6.58 Å². The minimum absolute atomic E-state index is 0.0724. The van der Waals surface area contributed by atoms with Gasteiger partial charge in [-0.1, -0.05) is 6.08 Å². The van der Waals surface area contributed by atoms with E-state index in [0.29, 0.717) is 6.54 Å². The number of benzene rings is 1. The van der Waals surface area contributed by atoms with E-state index < -0.39 is 11.0 Å². The second-order valence-corrected chi connectivity index (χ2v) is 2.70. The van der Waals surface area contributed by atoms with Gasteiger partial charge in [-0.05, 0) is 12.1 Å². The smallest absolute Gasteiger partial charge is 0.409 e. The highest BCUT2D eigenvalue weighted by atomic mass is 16.6. The number of nitro benzene ring substituents is 1. The second-order valence-electron chi connectivity index (χ2n) is 2.70. The maximum atomic E-state index is 10.3. The van der Waals surface area contributed by atoms with Crippen molar-refractivity contribution in [3.63, 3.8) is 0 Å². The van der Waals surface area contributed by atoms with Crippen LogP contribution in [0.15, 0.2) is 36.9 Å². The average Bonchev–Trinajstić information content (AvgIpc) is 2.29. The van der Waals surface area contributed by atoms with Crippen molar-refractivity contribution in [2.75, 3.05) is 6.54 Å². The van der Waals surface area contributed by atoms with E-state index in [9.17, 15) is 14.9 Å². The number of carbonyl (C=O) groups is 1. The van der Waals surface area contributed by atoms with Crippen LogP contribution in [0.25, 0.3) is 0 Å². The van der Waals surface area contributed by atoms with Crippen molar-refractivity contribution in [2.24, 2.45) is 11.5 Å². The fraction of sp³-hybridized carbons (Fsp3) is 0.100. The molecule has 0 radical (unpaired) electrons. The minimum atomic E-state index is -0.950. The lowest BCUT2D eigenvalue weighted by Crippen LogP contribution is -2.16. The van der Waals surface area contributed by atoms with Crippen molar-refractivity contribution in [1.82, 2.24) is 0 Å². The first kappa shape index (κ1) is 14.6.